The first kappa shape index (κ1) is 17.5. The van der Waals surface area contributed by atoms with Gasteiger partial charge in [-0.25, -0.2) is 0 Å². The highest BCUT2D eigenvalue weighted by molar-refractivity contribution is 6.04. The SMILES string of the molecule is N#Cc1ccc(Oc2cccc(NC(=O)c3ccc(N)cc3)c2)cc1C#N. The normalized spacial score (nSPS) is 9.70. The Hall–Kier alpha value is -4.29. The van der Waals surface area contributed by atoms with Crippen LogP contribution >= 0.6 is 0 Å². The van der Waals surface area contributed by atoms with E-state index < -0.39 is 0 Å². The molecular formula is C21H14N4O2. The minimum atomic E-state index is -0.266. The molecule has 0 saturated carbocycles. The summed E-state index contributed by atoms with van der Waals surface area (Å²) in [6, 6.07) is 22.0. The molecule has 27 heavy (non-hydrogen) atoms. The predicted octanol–water partition coefficient (Wildman–Crippen LogP) is 4.06. The van der Waals surface area contributed by atoms with Crippen molar-refractivity contribution in [2.45, 2.75) is 0 Å². The van der Waals surface area contributed by atoms with Gasteiger partial charge < -0.3 is 15.8 Å². The summed E-state index contributed by atoms with van der Waals surface area (Å²) in [6.45, 7) is 0. The molecule has 0 aromatic heterocycles. The third-order valence-corrected chi connectivity index (χ3v) is 3.73. The number of ether oxygens (including phenoxy) is 1. The zero-order valence-corrected chi connectivity index (χ0v) is 14.1. The van der Waals surface area contributed by atoms with Gasteiger partial charge in [-0.1, -0.05) is 6.07 Å². The maximum Gasteiger partial charge on any atom is 0.255 e. The molecule has 0 radical (unpaired) electrons. The Bertz CT molecular complexity index is 1080. The lowest BCUT2D eigenvalue weighted by Gasteiger charge is -2.10. The molecule has 0 unspecified atom stereocenters. The highest BCUT2D eigenvalue weighted by Crippen LogP contribution is 2.26. The van der Waals surface area contributed by atoms with Gasteiger partial charge in [0.1, 0.15) is 23.6 Å². The summed E-state index contributed by atoms with van der Waals surface area (Å²) < 4.78 is 5.74. The summed E-state index contributed by atoms with van der Waals surface area (Å²) in [6.07, 6.45) is 0. The standard InChI is InChI=1S/C21H14N4O2/c22-12-15-6-9-20(10-16(15)13-23)27-19-3-1-2-18(11-19)25-21(26)14-4-7-17(24)8-5-14/h1-11H,24H2,(H,25,26). The molecule has 0 atom stereocenters. The van der Waals surface area contributed by atoms with E-state index in [9.17, 15) is 4.79 Å². The monoisotopic (exact) mass is 354 g/mol. The number of amides is 1. The van der Waals surface area contributed by atoms with E-state index in [0.717, 1.165) is 0 Å². The number of nitriles is 2. The van der Waals surface area contributed by atoms with Crippen molar-refractivity contribution in [1.82, 2.24) is 0 Å². The van der Waals surface area contributed by atoms with Crippen molar-refractivity contribution in [2.75, 3.05) is 11.1 Å². The van der Waals surface area contributed by atoms with Crippen molar-refractivity contribution >= 4 is 17.3 Å². The van der Waals surface area contributed by atoms with Gasteiger partial charge in [-0.05, 0) is 54.6 Å². The van der Waals surface area contributed by atoms with Crippen LogP contribution in [0.3, 0.4) is 0 Å². The van der Waals surface area contributed by atoms with E-state index in [4.69, 9.17) is 21.0 Å². The molecule has 3 aromatic rings. The smallest absolute Gasteiger partial charge is 0.255 e. The maximum atomic E-state index is 12.3. The first-order chi connectivity index (χ1) is 13.1. The van der Waals surface area contributed by atoms with Gasteiger partial charge in [0.25, 0.3) is 5.91 Å². The quantitative estimate of drug-likeness (QED) is 0.686. The number of nitrogens with two attached hydrogens (primary N) is 1. The topological polar surface area (TPSA) is 112 Å². The fraction of sp³-hybridized carbons (Fsp3) is 0. The van der Waals surface area contributed by atoms with Crippen molar-refractivity contribution in [2.24, 2.45) is 0 Å². The molecule has 3 aromatic carbocycles. The summed E-state index contributed by atoms with van der Waals surface area (Å²) in [5.41, 5.74) is 7.78. The van der Waals surface area contributed by atoms with Crippen molar-refractivity contribution in [3.05, 3.63) is 83.4 Å². The number of carbonyl (C=O) groups excluding carboxylic acids is 1. The Balaban J connectivity index is 1.76. The number of rotatable bonds is 4. The number of anilines is 2. The second kappa shape index (κ2) is 7.73. The molecule has 0 aliphatic rings. The van der Waals surface area contributed by atoms with Gasteiger partial charge in [0, 0.05) is 23.0 Å². The summed E-state index contributed by atoms with van der Waals surface area (Å²) in [5.74, 6) is 0.642. The van der Waals surface area contributed by atoms with Crippen molar-refractivity contribution < 1.29 is 9.53 Å². The van der Waals surface area contributed by atoms with E-state index in [1.807, 2.05) is 12.1 Å². The van der Waals surface area contributed by atoms with Crippen LogP contribution in [0.5, 0.6) is 11.5 Å². The molecule has 0 aliphatic heterocycles. The van der Waals surface area contributed by atoms with E-state index in [1.54, 1.807) is 54.6 Å². The molecule has 6 nitrogen and oxygen atoms in total. The van der Waals surface area contributed by atoms with Crippen LogP contribution in [0.1, 0.15) is 21.5 Å². The molecule has 1 amide bonds. The maximum absolute atomic E-state index is 12.3. The Morgan fingerprint density at radius 3 is 2.30 bits per heavy atom. The van der Waals surface area contributed by atoms with Crippen molar-refractivity contribution in [3.63, 3.8) is 0 Å². The first-order valence-electron chi connectivity index (χ1n) is 7.98. The van der Waals surface area contributed by atoms with Gasteiger partial charge in [0.2, 0.25) is 0 Å². The zero-order valence-electron chi connectivity index (χ0n) is 14.1. The number of benzene rings is 3. The number of nitrogen functional groups attached to an aromatic ring is 1. The first-order valence-corrected chi connectivity index (χ1v) is 7.98. The molecule has 0 saturated heterocycles. The van der Waals surface area contributed by atoms with Gasteiger partial charge >= 0.3 is 0 Å². The third-order valence-electron chi connectivity index (χ3n) is 3.73. The molecule has 0 spiro atoms. The van der Waals surface area contributed by atoms with Gasteiger partial charge in [-0.3, -0.25) is 4.79 Å². The lowest BCUT2D eigenvalue weighted by Crippen LogP contribution is -2.11. The number of hydrogen-bond donors (Lipinski definition) is 2. The van der Waals surface area contributed by atoms with Crippen LogP contribution < -0.4 is 15.8 Å². The lowest BCUT2D eigenvalue weighted by atomic mass is 10.1. The number of nitrogens with zero attached hydrogens (tertiary/aromatic N) is 2. The highest BCUT2D eigenvalue weighted by Gasteiger charge is 2.08. The van der Waals surface area contributed by atoms with Gasteiger partial charge in [-0.2, -0.15) is 10.5 Å². The minimum Gasteiger partial charge on any atom is -0.457 e. The molecule has 3 N–H and O–H groups in total. The number of nitrogens with one attached hydrogen (secondary N) is 1. The van der Waals surface area contributed by atoms with Gasteiger partial charge in [0.15, 0.2) is 0 Å². The predicted molar refractivity (Wildman–Crippen MR) is 101 cm³/mol. The Kier molecular flexibility index (Phi) is 5.02. The summed E-state index contributed by atoms with van der Waals surface area (Å²) in [4.78, 5) is 12.3. The highest BCUT2D eigenvalue weighted by atomic mass is 16.5. The molecule has 0 fully saturated rings. The Morgan fingerprint density at radius 2 is 1.59 bits per heavy atom. The van der Waals surface area contributed by atoms with E-state index in [-0.39, 0.29) is 17.0 Å². The Morgan fingerprint density at radius 1 is 0.889 bits per heavy atom. The Labute approximate surface area is 156 Å². The van der Waals surface area contributed by atoms with Gasteiger partial charge in [0.05, 0.1) is 11.1 Å². The minimum absolute atomic E-state index is 0.239. The van der Waals surface area contributed by atoms with E-state index in [1.165, 1.54) is 12.1 Å². The lowest BCUT2D eigenvalue weighted by molar-refractivity contribution is 0.102. The third kappa shape index (κ3) is 4.22. The van der Waals surface area contributed by atoms with E-state index >= 15 is 0 Å². The summed E-state index contributed by atoms with van der Waals surface area (Å²) >= 11 is 0. The average Bonchev–Trinajstić information content (AvgIpc) is 2.68. The van der Waals surface area contributed by atoms with Crippen LogP contribution in [-0.2, 0) is 0 Å². The number of hydrogen-bond acceptors (Lipinski definition) is 5. The van der Waals surface area contributed by atoms with Crippen LogP contribution in [0, 0.1) is 22.7 Å². The fourth-order valence-electron chi connectivity index (χ4n) is 2.39. The van der Waals surface area contributed by atoms with Crippen molar-refractivity contribution in [1.29, 1.82) is 10.5 Å². The molecule has 0 bridgehead atoms. The molecule has 0 heterocycles. The largest absolute Gasteiger partial charge is 0.457 e. The summed E-state index contributed by atoms with van der Waals surface area (Å²) in [5, 5.41) is 20.9. The second-order valence-corrected chi connectivity index (χ2v) is 5.64. The van der Waals surface area contributed by atoms with Gasteiger partial charge in [-0.15, -0.1) is 0 Å². The number of carbonyl (C=O) groups is 1. The van der Waals surface area contributed by atoms with Crippen LogP contribution in [0.15, 0.2) is 66.7 Å². The van der Waals surface area contributed by atoms with Crippen molar-refractivity contribution in [3.8, 4) is 23.6 Å². The van der Waals surface area contributed by atoms with E-state index in [0.29, 0.717) is 28.4 Å². The molecule has 6 heteroatoms. The molecule has 0 aliphatic carbocycles. The molecule has 130 valence electrons. The molecule has 3 rings (SSSR count). The second-order valence-electron chi connectivity index (χ2n) is 5.64. The van der Waals surface area contributed by atoms with E-state index in [2.05, 4.69) is 5.32 Å². The average molecular weight is 354 g/mol. The van der Waals surface area contributed by atoms with Crippen LogP contribution in [0.25, 0.3) is 0 Å². The zero-order chi connectivity index (χ0) is 19.2. The van der Waals surface area contributed by atoms with Crippen LogP contribution in [0.4, 0.5) is 11.4 Å². The molecular weight excluding hydrogens is 340 g/mol. The fourth-order valence-corrected chi connectivity index (χ4v) is 2.39. The van der Waals surface area contributed by atoms with Crippen LogP contribution in [0.2, 0.25) is 0 Å². The van der Waals surface area contributed by atoms with Crippen LogP contribution in [-0.4, -0.2) is 5.91 Å². The summed E-state index contributed by atoms with van der Waals surface area (Å²) in [7, 11) is 0.